The zero-order valence-electron chi connectivity index (χ0n) is 8.73. The largest absolute Gasteiger partial charge is 0.469 e. The predicted molar refractivity (Wildman–Crippen MR) is 55.9 cm³/mol. The fraction of sp³-hybridized carbons (Fsp3) is 0.364. The van der Waals surface area contributed by atoms with E-state index in [1.807, 2.05) is 30.3 Å². The highest BCUT2D eigenvalue weighted by molar-refractivity contribution is 5.69. The summed E-state index contributed by atoms with van der Waals surface area (Å²) in [6.45, 7) is 0.946. The lowest BCUT2D eigenvalue weighted by atomic mass is 10.2. The van der Waals surface area contributed by atoms with E-state index in [0.29, 0.717) is 19.6 Å². The number of carbonyl (C=O) groups is 1. The highest BCUT2D eigenvalue weighted by Crippen LogP contribution is 1.98. The molecule has 0 amide bonds. The van der Waals surface area contributed by atoms with Crippen LogP contribution in [0, 0.1) is 0 Å². The van der Waals surface area contributed by atoms with Crippen molar-refractivity contribution >= 4 is 5.97 Å². The molecule has 0 aliphatic rings. The highest BCUT2D eigenvalue weighted by atomic mass is 16.6. The predicted octanol–water partition coefficient (Wildman–Crippen LogP) is 1.27. The Hall–Kier alpha value is -1.39. The van der Waals surface area contributed by atoms with Gasteiger partial charge < -0.3 is 4.74 Å². The minimum atomic E-state index is -0.245. The second-order valence-corrected chi connectivity index (χ2v) is 2.99. The second-order valence-electron chi connectivity index (χ2n) is 2.99. The van der Waals surface area contributed by atoms with Crippen LogP contribution < -0.4 is 5.48 Å². The molecule has 0 aliphatic carbocycles. The number of methoxy groups -OCH3 is 1. The molecule has 0 unspecified atom stereocenters. The van der Waals surface area contributed by atoms with Gasteiger partial charge in [0.2, 0.25) is 0 Å². The monoisotopic (exact) mass is 209 g/mol. The Bertz CT molecular complexity index is 287. The summed E-state index contributed by atoms with van der Waals surface area (Å²) in [6.07, 6.45) is 0.311. The number of rotatable bonds is 6. The Balaban J connectivity index is 2.05. The number of hydrogen-bond acceptors (Lipinski definition) is 4. The summed E-state index contributed by atoms with van der Waals surface area (Å²) in [4.78, 5) is 15.9. The molecule has 1 aromatic carbocycles. The molecule has 1 rings (SSSR count). The average Bonchev–Trinajstić information content (AvgIpc) is 2.29. The third-order valence-electron chi connectivity index (χ3n) is 1.84. The third-order valence-corrected chi connectivity index (χ3v) is 1.84. The minimum Gasteiger partial charge on any atom is -0.469 e. The zero-order chi connectivity index (χ0) is 10.9. The van der Waals surface area contributed by atoms with E-state index in [9.17, 15) is 4.79 Å². The van der Waals surface area contributed by atoms with Gasteiger partial charge >= 0.3 is 5.97 Å². The molecular formula is C11H15NO3. The van der Waals surface area contributed by atoms with E-state index < -0.39 is 0 Å². The molecule has 0 atom stereocenters. The van der Waals surface area contributed by atoms with Crippen LogP contribution in [0.25, 0.3) is 0 Å². The molecular weight excluding hydrogens is 194 g/mol. The SMILES string of the molecule is COC(=O)CCNOCc1ccccc1. The lowest BCUT2D eigenvalue weighted by Crippen LogP contribution is -2.19. The van der Waals surface area contributed by atoms with Gasteiger partial charge in [-0.3, -0.25) is 9.63 Å². The molecule has 4 heteroatoms. The van der Waals surface area contributed by atoms with Crippen LogP contribution in [0.1, 0.15) is 12.0 Å². The first-order valence-electron chi connectivity index (χ1n) is 4.78. The van der Waals surface area contributed by atoms with E-state index in [-0.39, 0.29) is 5.97 Å². The van der Waals surface area contributed by atoms with Crippen molar-refractivity contribution in [2.45, 2.75) is 13.0 Å². The van der Waals surface area contributed by atoms with E-state index in [4.69, 9.17) is 4.84 Å². The Kier molecular flexibility index (Phi) is 5.43. The molecule has 0 saturated carbocycles. The van der Waals surface area contributed by atoms with Crippen LogP contribution in [-0.2, 0) is 21.0 Å². The lowest BCUT2D eigenvalue weighted by Gasteiger charge is -2.04. The van der Waals surface area contributed by atoms with Gasteiger partial charge in [0, 0.05) is 6.54 Å². The highest BCUT2D eigenvalue weighted by Gasteiger charge is 1.98. The zero-order valence-corrected chi connectivity index (χ0v) is 8.73. The maximum Gasteiger partial charge on any atom is 0.306 e. The van der Waals surface area contributed by atoms with Crippen LogP contribution in [0.4, 0.5) is 0 Å². The van der Waals surface area contributed by atoms with Gasteiger partial charge in [-0.15, -0.1) is 0 Å². The van der Waals surface area contributed by atoms with Gasteiger partial charge in [-0.05, 0) is 5.56 Å². The number of benzene rings is 1. The molecule has 0 heterocycles. The normalized spacial score (nSPS) is 9.93. The number of ether oxygens (including phenoxy) is 1. The van der Waals surface area contributed by atoms with Gasteiger partial charge in [-0.25, -0.2) is 5.48 Å². The summed E-state index contributed by atoms with van der Waals surface area (Å²) in [5, 5.41) is 0. The van der Waals surface area contributed by atoms with Gasteiger partial charge in [-0.2, -0.15) is 0 Å². The van der Waals surface area contributed by atoms with Crippen molar-refractivity contribution in [2.75, 3.05) is 13.7 Å². The quantitative estimate of drug-likeness (QED) is 0.435. The summed E-state index contributed by atoms with van der Waals surface area (Å²) in [7, 11) is 1.37. The summed E-state index contributed by atoms with van der Waals surface area (Å²) >= 11 is 0. The first-order chi connectivity index (χ1) is 7.33. The maximum absolute atomic E-state index is 10.7. The number of hydroxylamine groups is 1. The topological polar surface area (TPSA) is 47.6 Å². The van der Waals surface area contributed by atoms with E-state index >= 15 is 0 Å². The number of carbonyl (C=O) groups excluding carboxylic acids is 1. The van der Waals surface area contributed by atoms with Crippen molar-refractivity contribution in [1.82, 2.24) is 5.48 Å². The van der Waals surface area contributed by atoms with Crippen LogP contribution in [0.15, 0.2) is 30.3 Å². The molecule has 4 nitrogen and oxygen atoms in total. The fourth-order valence-corrected chi connectivity index (χ4v) is 1.04. The van der Waals surface area contributed by atoms with E-state index in [1.165, 1.54) is 7.11 Å². The van der Waals surface area contributed by atoms with Crippen molar-refractivity contribution < 1.29 is 14.4 Å². The van der Waals surface area contributed by atoms with Gasteiger partial charge in [0.1, 0.15) is 0 Å². The van der Waals surface area contributed by atoms with Gasteiger partial charge in [0.15, 0.2) is 0 Å². The molecule has 0 radical (unpaired) electrons. The lowest BCUT2D eigenvalue weighted by molar-refractivity contribution is -0.141. The Labute approximate surface area is 89.1 Å². The van der Waals surface area contributed by atoms with E-state index in [1.54, 1.807) is 0 Å². The molecule has 0 aliphatic heterocycles. The standard InChI is InChI=1S/C11H15NO3/c1-14-11(13)7-8-12-15-9-10-5-3-2-4-6-10/h2-6,12H,7-9H2,1H3. The van der Waals surface area contributed by atoms with E-state index in [0.717, 1.165) is 5.56 Å². The summed E-state index contributed by atoms with van der Waals surface area (Å²) in [5.74, 6) is -0.245. The van der Waals surface area contributed by atoms with Gasteiger partial charge in [0.25, 0.3) is 0 Å². The van der Waals surface area contributed by atoms with Gasteiger partial charge in [-0.1, -0.05) is 30.3 Å². The van der Waals surface area contributed by atoms with Crippen molar-refractivity contribution in [3.8, 4) is 0 Å². The van der Waals surface area contributed by atoms with E-state index in [2.05, 4.69) is 10.2 Å². The Morgan fingerprint density at radius 3 is 2.73 bits per heavy atom. The third kappa shape index (κ3) is 5.15. The summed E-state index contributed by atoms with van der Waals surface area (Å²) < 4.78 is 4.48. The van der Waals surface area contributed by atoms with Gasteiger partial charge in [0.05, 0.1) is 20.1 Å². The van der Waals surface area contributed by atoms with Crippen LogP contribution in [0.5, 0.6) is 0 Å². The maximum atomic E-state index is 10.7. The van der Waals surface area contributed by atoms with Crippen LogP contribution in [-0.4, -0.2) is 19.6 Å². The van der Waals surface area contributed by atoms with Crippen molar-refractivity contribution in [1.29, 1.82) is 0 Å². The molecule has 82 valence electrons. The molecule has 0 bridgehead atoms. The van der Waals surface area contributed by atoms with Crippen molar-refractivity contribution in [2.24, 2.45) is 0 Å². The smallest absolute Gasteiger partial charge is 0.306 e. The molecule has 0 saturated heterocycles. The molecule has 1 N–H and O–H groups in total. The second kappa shape index (κ2) is 6.98. The molecule has 1 aromatic rings. The molecule has 15 heavy (non-hydrogen) atoms. The number of hydrogen-bond donors (Lipinski definition) is 1. The summed E-state index contributed by atoms with van der Waals surface area (Å²) in [5.41, 5.74) is 3.78. The van der Waals surface area contributed by atoms with Crippen LogP contribution >= 0.6 is 0 Å². The minimum absolute atomic E-state index is 0.245. The van der Waals surface area contributed by atoms with Crippen molar-refractivity contribution in [3.63, 3.8) is 0 Å². The van der Waals surface area contributed by atoms with Crippen LogP contribution in [0.2, 0.25) is 0 Å². The molecule has 0 fully saturated rings. The van der Waals surface area contributed by atoms with Crippen LogP contribution in [0.3, 0.4) is 0 Å². The number of nitrogens with one attached hydrogen (secondary N) is 1. The average molecular weight is 209 g/mol. The summed E-state index contributed by atoms with van der Waals surface area (Å²) in [6, 6.07) is 9.80. The molecule has 0 aromatic heterocycles. The fourth-order valence-electron chi connectivity index (χ4n) is 1.04. The number of esters is 1. The first kappa shape index (κ1) is 11.7. The van der Waals surface area contributed by atoms with Crippen molar-refractivity contribution in [3.05, 3.63) is 35.9 Å². The molecule has 0 spiro atoms. The Morgan fingerprint density at radius 1 is 1.33 bits per heavy atom. The Morgan fingerprint density at radius 2 is 2.07 bits per heavy atom. The first-order valence-corrected chi connectivity index (χ1v) is 4.78.